The summed E-state index contributed by atoms with van der Waals surface area (Å²) in [7, 11) is 1.34. The lowest BCUT2D eigenvalue weighted by Gasteiger charge is -2.01. The Kier molecular flexibility index (Phi) is 4.41. The standard InChI is InChI=1S/C12H15NO2/c1-15-12(14)9-11(13)8-7-10-5-3-2-4-6-10/h2-6,9H,7-8,13H2,1H3/b11-9-. The van der Waals surface area contributed by atoms with Gasteiger partial charge >= 0.3 is 5.97 Å². The van der Waals surface area contributed by atoms with Crippen molar-refractivity contribution in [2.24, 2.45) is 5.73 Å². The lowest BCUT2D eigenvalue weighted by atomic mass is 10.1. The highest BCUT2D eigenvalue weighted by Gasteiger charge is 1.98. The molecule has 0 saturated heterocycles. The quantitative estimate of drug-likeness (QED) is 0.600. The van der Waals surface area contributed by atoms with Gasteiger partial charge in [-0.05, 0) is 18.4 Å². The maximum Gasteiger partial charge on any atom is 0.332 e. The number of ether oxygens (including phenoxy) is 1. The van der Waals surface area contributed by atoms with E-state index < -0.39 is 5.97 Å². The molecule has 0 amide bonds. The van der Waals surface area contributed by atoms with Crippen LogP contribution in [0.25, 0.3) is 0 Å². The normalized spacial score (nSPS) is 11.1. The topological polar surface area (TPSA) is 52.3 Å². The van der Waals surface area contributed by atoms with Crippen molar-refractivity contribution in [2.45, 2.75) is 12.8 Å². The lowest BCUT2D eigenvalue weighted by molar-refractivity contribution is -0.134. The Morgan fingerprint density at radius 1 is 1.40 bits per heavy atom. The van der Waals surface area contributed by atoms with E-state index in [9.17, 15) is 4.79 Å². The molecule has 3 heteroatoms. The number of methoxy groups -OCH3 is 1. The van der Waals surface area contributed by atoms with E-state index in [4.69, 9.17) is 5.73 Å². The summed E-state index contributed by atoms with van der Waals surface area (Å²) in [6.07, 6.45) is 2.82. The number of hydrogen-bond acceptors (Lipinski definition) is 3. The van der Waals surface area contributed by atoms with Gasteiger partial charge in [-0.15, -0.1) is 0 Å². The fourth-order valence-electron chi connectivity index (χ4n) is 1.22. The van der Waals surface area contributed by atoms with Gasteiger partial charge in [0.05, 0.1) is 7.11 Å². The Bertz CT molecular complexity index is 344. The molecule has 0 saturated carbocycles. The first-order valence-electron chi connectivity index (χ1n) is 4.80. The number of esters is 1. The van der Waals surface area contributed by atoms with Crippen LogP contribution in [-0.4, -0.2) is 13.1 Å². The number of nitrogens with two attached hydrogens (primary N) is 1. The zero-order valence-corrected chi connectivity index (χ0v) is 8.77. The summed E-state index contributed by atoms with van der Waals surface area (Å²) in [5, 5.41) is 0. The fourth-order valence-corrected chi connectivity index (χ4v) is 1.22. The number of carbonyl (C=O) groups excluding carboxylic acids is 1. The SMILES string of the molecule is COC(=O)/C=C(\N)CCc1ccccc1. The molecule has 15 heavy (non-hydrogen) atoms. The second-order valence-electron chi connectivity index (χ2n) is 3.23. The van der Waals surface area contributed by atoms with Crippen molar-refractivity contribution >= 4 is 5.97 Å². The van der Waals surface area contributed by atoms with Crippen LogP contribution < -0.4 is 5.73 Å². The fraction of sp³-hybridized carbons (Fsp3) is 0.250. The van der Waals surface area contributed by atoms with Gasteiger partial charge in [-0.2, -0.15) is 0 Å². The molecule has 0 heterocycles. The van der Waals surface area contributed by atoms with Gasteiger partial charge in [0.1, 0.15) is 0 Å². The molecule has 0 radical (unpaired) electrons. The molecule has 3 nitrogen and oxygen atoms in total. The van der Waals surface area contributed by atoms with Crippen molar-refractivity contribution in [3.63, 3.8) is 0 Å². The smallest absolute Gasteiger partial charge is 0.332 e. The maximum absolute atomic E-state index is 10.9. The number of aryl methyl sites for hydroxylation is 1. The molecule has 1 rings (SSSR count). The third-order valence-electron chi connectivity index (χ3n) is 2.05. The van der Waals surface area contributed by atoms with Crippen molar-refractivity contribution in [1.82, 2.24) is 0 Å². The summed E-state index contributed by atoms with van der Waals surface area (Å²) >= 11 is 0. The molecule has 0 atom stereocenters. The van der Waals surface area contributed by atoms with E-state index in [1.54, 1.807) is 0 Å². The minimum absolute atomic E-state index is 0.402. The van der Waals surface area contributed by atoms with E-state index >= 15 is 0 Å². The molecular weight excluding hydrogens is 190 g/mol. The molecule has 80 valence electrons. The van der Waals surface area contributed by atoms with Gasteiger partial charge in [0.25, 0.3) is 0 Å². The summed E-state index contributed by atoms with van der Waals surface area (Å²) in [6.45, 7) is 0. The summed E-state index contributed by atoms with van der Waals surface area (Å²) < 4.78 is 4.48. The number of allylic oxidation sites excluding steroid dienone is 1. The first kappa shape index (κ1) is 11.3. The molecule has 0 fully saturated rings. The van der Waals surface area contributed by atoms with E-state index in [1.807, 2.05) is 30.3 Å². The highest BCUT2D eigenvalue weighted by Crippen LogP contribution is 2.05. The van der Waals surface area contributed by atoms with Crippen LogP contribution in [0.1, 0.15) is 12.0 Å². The van der Waals surface area contributed by atoms with Crippen LogP contribution in [0.5, 0.6) is 0 Å². The Hall–Kier alpha value is -1.77. The van der Waals surface area contributed by atoms with Crippen LogP contribution in [0.2, 0.25) is 0 Å². The van der Waals surface area contributed by atoms with E-state index in [0.717, 1.165) is 6.42 Å². The second-order valence-corrected chi connectivity index (χ2v) is 3.23. The van der Waals surface area contributed by atoms with Crippen molar-refractivity contribution in [3.8, 4) is 0 Å². The molecule has 0 spiro atoms. The number of carbonyl (C=O) groups is 1. The van der Waals surface area contributed by atoms with Crippen LogP contribution in [0.15, 0.2) is 42.1 Å². The van der Waals surface area contributed by atoms with Gasteiger partial charge in [0.15, 0.2) is 0 Å². The molecule has 0 aliphatic heterocycles. The van der Waals surface area contributed by atoms with E-state index in [1.165, 1.54) is 18.7 Å². The Morgan fingerprint density at radius 3 is 2.67 bits per heavy atom. The third-order valence-corrected chi connectivity index (χ3v) is 2.05. The van der Waals surface area contributed by atoms with Gasteiger partial charge < -0.3 is 10.5 Å². The van der Waals surface area contributed by atoms with Gasteiger partial charge in [-0.25, -0.2) is 4.79 Å². The minimum atomic E-state index is -0.402. The monoisotopic (exact) mass is 205 g/mol. The molecule has 0 aliphatic rings. The van der Waals surface area contributed by atoms with Gasteiger partial charge in [-0.3, -0.25) is 0 Å². The van der Waals surface area contributed by atoms with Gasteiger partial charge in [0, 0.05) is 11.8 Å². The van der Waals surface area contributed by atoms with Gasteiger partial charge in [0.2, 0.25) is 0 Å². The van der Waals surface area contributed by atoms with E-state index in [2.05, 4.69) is 4.74 Å². The summed E-state index contributed by atoms with van der Waals surface area (Å²) in [4.78, 5) is 10.9. The maximum atomic E-state index is 10.9. The number of rotatable bonds is 4. The average Bonchev–Trinajstić information content (AvgIpc) is 2.27. The molecule has 0 aromatic heterocycles. The van der Waals surface area contributed by atoms with Gasteiger partial charge in [-0.1, -0.05) is 30.3 Å². The van der Waals surface area contributed by atoms with Crippen LogP contribution in [0.3, 0.4) is 0 Å². The van der Waals surface area contributed by atoms with E-state index in [-0.39, 0.29) is 0 Å². The number of benzene rings is 1. The Labute approximate surface area is 89.5 Å². The largest absolute Gasteiger partial charge is 0.466 e. The summed E-state index contributed by atoms with van der Waals surface area (Å²) in [5.41, 5.74) is 7.41. The van der Waals surface area contributed by atoms with Crippen LogP contribution in [0.4, 0.5) is 0 Å². The zero-order valence-electron chi connectivity index (χ0n) is 8.77. The summed E-state index contributed by atoms with van der Waals surface area (Å²) in [5.74, 6) is -0.402. The predicted octanol–water partition coefficient (Wildman–Crippen LogP) is 1.63. The molecule has 2 N–H and O–H groups in total. The Balaban J connectivity index is 2.44. The number of hydrogen-bond donors (Lipinski definition) is 1. The lowest BCUT2D eigenvalue weighted by Crippen LogP contribution is -2.04. The highest BCUT2D eigenvalue weighted by atomic mass is 16.5. The van der Waals surface area contributed by atoms with Crippen molar-refractivity contribution in [3.05, 3.63) is 47.7 Å². The van der Waals surface area contributed by atoms with Crippen molar-refractivity contribution in [2.75, 3.05) is 7.11 Å². The zero-order chi connectivity index (χ0) is 11.1. The average molecular weight is 205 g/mol. The predicted molar refractivity (Wildman–Crippen MR) is 59.0 cm³/mol. The van der Waals surface area contributed by atoms with Crippen LogP contribution in [0, 0.1) is 0 Å². The summed E-state index contributed by atoms with van der Waals surface area (Å²) in [6, 6.07) is 10.00. The van der Waals surface area contributed by atoms with E-state index in [0.29, 0.717) is 12.1 Å². The molecule has 0 unspecified atom stereocenters. The van der Waals surface area contributed by atoms with Crippen LogP contribution >= 0.6 is 0 Å². The first-order valence-corrected chi connectivity index (χ1v) is 4.80. The van der Waals surface area contributed by atoms with Crippen LogP contribution in [-0.2, 0) is 16.0 Å². The highest BCUT2D eigenvalue weighted by molar-refractivity contribution is 5.82. The first-order chi connectivity index (χ1) is 7.22. The third kappa shape index (κ3) is 4.31. The molecular formula is C12H15NO2. The van der Waals surface area contributed by atoms with Crippen molar-refractivity contribution in [1.29, 1.82) is 0 Å². The molecule has 0 aliphatic carbocycles. The van der Waals surface area contributed by atoms with Crippen molar-refractivity contribution < 1.29 is 9.53 Å². The molecule has 0 bridgehead atoms. The molecule has 1 aromatic rings. The Morgan fingerprint density at radius 2 is 2.07 bits per heavy atom. The molecule has 1 aromatic carbocycles. The minimum Gasteiger partial charge on any atom is -0.466 e. The second kappa shape index (κ2) is 5.86.